The molecule has 2 N–H and O–H groups in total. The van der Waals surface area contributed by atoms with Crippen LogP contribution in [0.5, 0.6) is 0 Å². The summed E-state index contributed by atoms with van der Waals surface area (Å²) in [6.45, 7) is 0. The first kappa shape index (κ1) is 15.3. The van der Waals surface area contributed by atoms with E-state index in [1.165, 1.54) is 12.1 Å². The zero-order chi connectivity index (χ0) is 15.6. The molecule has 0 saturated heterocycles. The molecule has 0 radical (unpaired) electrons. The van der Waals surface area contributed by atoms with Gasteiger partial charge < -0.3 is 5.73 Å². The highest BCUT2D eigenvalue weighted by Gasteiger charge is 2.23. The van der Waals surface area contributed by atoms with E-state index >= 15 is 0 Å². The van der Waals surface area contributed by atoms with Gasteiger partial charge in [0.05, 0.1) is 12.0 Å². The lowest BCUT2D eigenvalue weighted by molar-refractivity contribution is -0.117. The van der Waals surface area contributed by atoms with Gasteiger partial charge in [0.2, 0.25) is 5.91 Å². The molecule has 0 aromatic heterocycles. The average molecular weight is 354 g/mol. The SMILES string of the molecule is NC(=O)Cc1cccc(Br)c1C(=O)c1c(F)cccc1F. The second-order valence-electron chi connectivity index (χ2n) is 4.34. The Kier molecular flexibility index (Phi) is 4.47. The third kappa shape index (κ3) is 3.16. The van der Waals surface area contributed by atoms with E-state index < -0.39 is 28.9 Å². The molecule has 0 unspecified atom stereocenters. The van der Waals surface area contributed by atoms with Crippen molar-refractivity contribution in [1.29, 1.82) is 0 Å². The molecule has 0 aliphatic carbocycles. The van der Waals surface area contributed by atoms with Crippen LogP contribution in [0.2, 0.25) is 0 Å². The molecule has 1 amide bonds. The zero-order valence-electron chi connectivity index (χ0n) is 10.7. The molecule has 2 rings (SSSR count). The average Bonchev–Trinajstić information content (AvgIpc) is 2.37. The van der Waals surface area contributed by atoms with Gasteiger partial charge in [-0.05, 0) is 23.8 Å². The molecular formula is C15H10BrF2NO2. The minimum atomic E-state index is -0.958. The van der Waals surface area contributed by atoms with E-state index in [0.717, 1.165) is 12.1 Å². The molecule has 0 spiro atoms. The highest BCUT2D eigenvalue weighted by Crippen LogP contribution is 2.26. The Morgan fingerprint density at radius 1 is 1.00 bits per heavy atom. The van der Waals surface area contributed by atoms with Crippen molar-refractivity contribution in [2.45, 2.75) is 6.42 Å². The Labute approximate surface area is 127 Å². The third-order valence-electron chi connectivity index (χ3n) is 2.88. The fourth-order valence-corrected chi connectivity index (χ4v) is 2.59. The summed E-state index contributed by atoms with van der Waals surface area (Å²) >= 11 is 3.17. The van der Waals surface area contributed by atoms with Crippen LogP contribution in [0, 0.1) is 11.6 Å². The Hall–Kier alpha value is -2.08. The van der Waals surface area contributed by atoms with Crippen LogP contribution in [0.25, 0.3) is 0 Å². The number of ketones is 1. The van der Waals surface area contributed by atoms with E-state index in [9.17, 15) is 18.4 Å². The summed E-state index contributed by atoms with van der Waals surface area (Å²) in [6.07, 6.45) is -0.198. The van der Waals surface area contributed by atoms with Crippen LogP contribution in [-0.4, -0.2) is 11.7 Å². The van der Waals surface area contributed by atoms with Gasteiger partial charge in [-0.2, -0.15) is 0 Å². The van der Waals surface area contributed by atoms with Crippen molar-refractivity contribution in [3.63, 3.8) is 0 Å². The maximum atomic E-state index is 13.7. The number of primary amides is 1. The molecule has 2 aromatic rings. The molecule has 6 heteroatoms. The molecule has 0 aliphatic rings. The van der Waals surface area contributed by atoms with E-state index in [0.29, 0.717) is 10.0 Å². The van der Waals surface area contributed by atoms with Crippen LogP contribution < -0.4 is 5.73 Å². The maximum Gasteiger partial charge on any atom is 0.221 e. The van der Waals surface area contributed by atoms with Crippen LogP contribution in [0.1, 0.15) is 21.5 Å². The first-order chi connectivity index (χ1) is 9.91. The Morgan fingerprint density at radius 3 is 2.14 bits per heavy atom. The second-order valence-corrected chi connectivity index (χ2v) is 5.20. The van der Waals surface area contributed by atoms with Gasteiger partial charge in [-0.1, -0.05) is 34.1 Å². The van der Waals surface area contributed by atoms with Crippen molar-refractivity contribution in [1.82, 2.24) is 0 Å². The van der Waals surface area contributed by atoms with Crippen LogP contribution in [0.4, 0.5) is 8.78 Å². The highest BCUT2D eigenvalue weighted by molar-refractivity contribution is 9.10. The number of hydrogen-bond donors (Lipinski definition) is 1. The molecule has 0 fully saturated rings. The summed E-state index contributed by atoms with van der Waals surface area (Å²) < 4.78 is 27.8. The summed E-state index contributed by atoms with van der Waals surface area (Å²) in [6, 6.07) is 7.85. The Balaban J connectivity index is 2.61. The molecule has 21 heavy (non-hydrogen) atoms. The number of rotatable bonds is 4. The molecular weight excluding hydrogens is 344 g/mol. The minimum Gasteiger partial charge on any atom is -0.369 e. The zero-order valence-corrected chi connectivity index (χ0v) is 12.3. The van der Waals surface area contributed by atoms with Crippen LogP contribution in [0.15, 0.2) is 40.9 Å². The van der Waals surface area contributed by atoms with Crippen molar-refractivity contribution in [2.24, 2.45) is 5.73 Å². The van der Waals surface area contributed by atoms with Crippen molar-refractivity contribution in [3.8, 4) is 0 Å². The lowest BCUT2D eigenvalue weighted by atomic mass is 9.96. The lowest BCUT2D eigenvalue weighted by Gasteiger charge is -2.11. The summed E-state index contributed by atoms with van der Waals surface area (Å²) in [4.78, 5) is 23.5. The van der Waals surface area contributed by atoms with Gasteiger partial charge in [0.1, 0.15) is 11.6 Å². The molecule has 108 valence electrons. The van der Waals surface area contributed by atoms with Crippen molar-refractivity contribution >= 4 is 27.6 Å². The Bertz CT molecular complexity index is 711. The Morgan fingerprint density at radius 2 is 1.57 bits per heavy atom. The smallest absolute Gasteiger partial charge is 0.221 e. The largest absolute Gasteiger partial charge is 0.369 e. The molecule has 2 aromatic carbocycles. The molecule has 0 heterocycles. The van der Waals surface area contributed by atoms with Crippen LogP contribution in [0.3, 0.4) is 0 Å². The number of nitrogens with two attached hydrogens (primary N) is 1. The van der Waals surface area contributed by atoms with Gasteiger partial charge in [-0.3, -0.25) is 9.59 Å². The van der Waals surface area contributed by atoms with Gasteiger partial charge in [-0.15, -0.1) is 0 Å². The highest BCUT2D eigenvalue weighted by atomic mass is 79.9. The predicted molar refractivity (Wildman–Crippen MR) is 76.8 cm³/mol. The molecule has 3 nitrogen and oxygen atoms in total. The van der Waals surface area contributed by atoms with Gasteiger partial charge >= 0.3 is 0 Å². The number of amides is 1. The maximum absolute atomic E-state index is 13.7. The van der Waals surface area contributed by atoms with Crippen molar-refractivity contribution < 1.29 is 18.4 Å². The topological polar surface area (TPSA) is 60.2 Å². The lowest BCUT2D eigenvalue weighted by Crippen LogP contribution is -2.18. The quantitative estimate of drug-likeness (QED) is 0.859. The van der Waals surface area contributed by atoms with E-state index in [4.69, 9.17) is 5.73 Å². The van der Waals surface area contributed by atoms with Gasteiger partial charge in [0.25, 0.3) is 0 Å². The first-order valence-corrected chi connectivity index (χ1v) is 6.75. The number of carbonyl (C=O) groups is 2. The van der Waals surface area contributed by atoms with Gasteiger partial charge in [0, 0.05) is 10.0 Å². The third-order valence-corrected chi connectivity index (χ3v) is 3.54. The summed E-state index contributed by atoms with van der Waals surface area (Å²) in [7, 11) is 0. The molecule has 0 saturated carbocycles. The number of benzene rings is 2. The minimum absolute atomic E-state index is 0.0281. The van der Waals surface area contributed by atoms with E-state index in [1.54, 1.807) is 12.1 Å². The van der Waals surface area contributed by atoms with Crippen molar-refractivity contribution in [2.75, 3.05) is 0 Å². The van der Waals surface area contributed by atoms with Crippen molar-refractivity contribution in [3.05, 3.63) is 69.2 Å². The summed E-state index contributed by atoms with van der Waals surface area (Å²) in [5.41, 5.74) is 4.81. The second kappa shape index (κ2) is 6.13. The van der Waals surface area contributed by atoms with Gasteiger partial charge in [-0.25, -0.2) is 8.78 Å². The van der Waals surface area contributed by atoms with Crippen LogP contribution >= 0.6 is 15.9 Å². The predicted octanol–water partition coefficient (Wildman–Crippen LogP) is 2.99. The summed E-state index contributed by atoms with van der Waals surface area (Å²) in [5.74, 6) is -3.40. The number of hydrogen-bond acceptors (Lipinski definition) is 2. The first-order valence-electron chi connectivity index (χ1n) is 5.96. The van der Waals surface area contributed by atoms with E-state index in [-0.39, 0.29) is 12.0 Å². The number of halogens is 3. The van der Waals surface area contributed by atoms with Gasteiger partial charge in [0.15, 0.2) is 5.78 Å². The van der Waals surface area contributed by atoms with Crippen LogP contribution in [-0.2, 0) is 11.2 Å². The standard InChI is InChI=1S/C15H10BrF2NO2/c16-9-4-1-3-8(7-12(19)20)13(9)15(21)14-10(17)5-2-6-11(14)18/h1-6H,7H2,(H2,19,20). The number of carbonyl (C=O) groups excluding carboxylic acids is 2. The normalized spacial score (nSPS) is 10.4. The fourth-order valence-electron chi connectivity index (χ4n) is 2.00. The molecule has 0 atom stereocenters. The van der Waals surface area contributed by atoms with E-state index in [2.05, 4.69) is 15.9 Å². The fraction of sp³-hybridized carbons (Fsp3) is 0.0667. The van der Waals surface area contributed by atoms with E-state index in [1.807, 2.05) is 0 Å². The summed E-state index contributed by atoms with van der Waals surface area (Å²) in [5, 5.41) is 0. The molecule has 0 aliphatic heterocycles. The monoisotopic (exact) mass is 353 g/mol. The molecule has 0 bridgehead atoms.